The van der Waals surface area contributed by atoms with E-state index in [1.807, 2.05) is 60.7 Å². The minimum absolute atomic E-state index is 0.195. The lowest BCUT2D eigenvalue weighted by Crippen LogP contribution is -1.93. The number of benzene rings is 9. The Bertz CT molecular complexity index is 4460. The highest BCUT2D eigenvalue weighted by Crippen LogP contribution is 2.44. The molecule has 0 saturated carbocycles. The van der Waals surface area contributed by atoms with Crippen molar-refractivity contribution < 1.29 is 12.3 Å². The zero-order chi connectivity index (χ0) is 58.6. The molecule has 4 aromatic heterocycles. The Morgan fingerprint density at radius 3 is 1.12 bits per heavy atom. The fraction of sp³-hybridized carbons (Fsp3) is 0.0417. The van der Waals surface area contributed by atoms with Gasteiger partial charge in [0, 0.05) is 67.8 Å². The van der Waals surface area contributed by atoms with Gasteiger partial charge in [-0.1, -0.05) is 188 Å². The van der Waals surface area contributed by atoms with Crippen molar-refractivity contribution >= 4 is 31.5 Å². The minimum Gasteiger partial charge on any atom is -0.256 e. The van der Waals surface area contributed by atoms with Crippen molar-refractivity contribution in [3.63, 3.8) is 0 Å². The number of rotatable bonds is 10. The maximum absolute atomic E-state index is 8.50. The number of nitrogens with zero attached hydrogens (tertiary/aromatic N) is 3. The number of pyridine rings is 3. The van der Waals surface area contributed by atoms with E-state index >= 15 is 0 Å². The Labute approximate surface area is 460 Å². The number of aryl methyl sites for hydroxylation is 3. The third-order valence-electron chi connectivity index (χ3n) is 14.2. The fourth-order valence-corrected chi connectivity index (χ4v) is 11.5. The number of aromatic nitrogens is 3. The summed E-state index contributed by atoms with van der Waals surface area (Å²) in [6, 6.07) is 79.8. The molecule has 4 heteroatoms. The van der Waals surface area contributed by atoms with E-state index < -0.39 is 20.6 Å². The first-order valence-corrected chi connectivity index (χ1v) is 25.9. The second kappa shape index (κ2) is 19.8. The number of fused-ring (bicyclic) bond motifs is 3. The molecule has 0 unspecified atom stereocenters. The molecule has 0 amide bonds. The summed E-state index contributed by atoms with van der Waals surface area (Å²) in [6.45, 7) is -6.85. The van der Waals surface area contributed by atoms with Gasteiger partial charge in [-0.2, -0.15) is 0 Å². The number of hydrogen-bond acceptors (Lipinski definition) is 4. The summed E-state index contributed by atoms with van der Waals surface area (Å²) >= 11 is 1.70. The average molecular weight is 999 g/mol. The van der Waals surface area contributed by atoms with Gasteiger partial charge in [0.15, 0.2) is 0 Å². The maximum atomic E-state index is 8.50. The molecule has 360 valence electrons. The number of hydrogen-bond donors (Lipinski definition) is 0. The third-order valence-corrected chi connectivity index (χ3v) is 15.4. The lowest BCUT2D eigenvalue weighted by molar-refractivity contribution is 1.27. The van der Waals surface area contributed by atoms with Crippen molar-refractivity contribution in [2.24, 2.45) is 0 Å². The van der Waals surface area contributed by atoms with E-state index in [4.69, 9.17) is 17.3 Å². The van der Waals surface area contributed by atoms with Gasteiger partial charge in [-0.3, -0.25) is 15.0 Å². The predicted molar refractivity (Wildman–Crippen MR) is 321 cm³/mol. The van der Waals surface area contributed by atoms with Crippen LogP contribution in [0.1, 0.15) is 29.0 Å². The lowest BCUT2D eigenvalue weighted by atomic mass is 9.86. The first-order chi connectivity index (χ1) is 41.0. The Morgan fingerprint density at radius 2 is 0.671 bits per heavy atom. The van der Waals surface area contributed by atoms with E-state index in [0.29, 0.717) is 22.6 Å². The molecule has 0 atom stereocenters. The van der Waals surface area contributed by atoms with Crippen molar-refractivity contribution in [3.8, 4) is 112 Å². The summed E-state index contributed by atoms with van der Waals surface area (Å²) < 4.78 is 74.6. The standard InChI is InChI=1S/C72H51N3S/c1-46-20-36-68(73-43-46)52-28-22-49(23-29-52)59-12-4-7-15-62(59)56-38-57(63-16-8-5-13-60(63)50-24-30-53(31-25-50)69-37-21-47(2)44-74-69)40-58(39-56)64-17-9-6-14-61(64)51-26-32-54(33-27-51)70-42-67(48(3)45-75-70)55-34-35-66-65-18-10-11-19-71(65)76-72(66)41-55/h4-45H,1-3H3/i1D3,2D3,3D3. The Kier molecular flexibility index (Phi) is 9.75. The summed E-state index contributed by atoms with van der Waals surface area (Å²) in [5.74, 6) is 0. The van der Waals surface area contributed by atoms with E-state index in [1.165, 1.54) is 28.7 Å². The van der Waals surface area contributed by atoms with Gasteiger partial charge in [-0.25, -0.2) is 0 Å². The highest BCUT2D eigenvalue weighted by molar-refractivity contribution is 7.25. The van der Waals surface area contributed by atoms with Gasteiger partial charge in [0.1, 0.15) is 0 Å². The van der Waals surface area contributed by atoms with Crippen LogP contribution in [0.3, 0.4) is 0 Å². The fourth-order valence-electron chi connectivity index (χ4n) is 10.4. The SMILES string of the molecule is [2H]C([2H])([2H])c1ccc(-c2ccc(-c3ccccc3-c3cc(-c4ccccc4-c4ccc(-c5ccc(C([2H])([2H])[2H])cn5)cc4)cc(-c4ccccc4-c4ccc(-c5cc(-c6ccc7c(c6)sc6ccccc67)c(C([2H])([2H])[2H])cn5)cc4)c3)cc2)nc1. The van der Waals surface area contributed by atoms with Crippen molar-refractivity contribution in [1.82, 2.24) is 15.0 Å². The largest absolute Gasteiger partial charge is 0.256 e. The molecule has 0 bridgehead atoms. The molecule has 13 aromatic rings. The molecule has 4 heterocycles. The lowest BCUT2D eigenvalue weighted by Gasteiger charge is -2.18. The van der Waals surface area contributed by atoms with Crippen LogP contribution >= 0.6 is 11.3 Å². The molecule has 13 rings (SSSR count). The van der Waals surface area contributed by atoms with Crippen LogP contribution in [-0.4, -0.2) is 15.0 Å². The molecule has 76 heavy (non-hydrogen) atoms. The van der Waals surface area contributed by atoms with Gasteiger partial charge in [-0.15, -0.1) is 11.3 Å². The van der Waals surface area contributed by atoms with Gasteiger partial charge < -0.3 is 0 Å². The van der Waals surface area contributed by atoms with Crippen LogP contribution in [0, 0.1) is 20.6 Å². The smallest absolute Gasteiger partial charge is 0.0708 e. The molecule has 0 radical (unpaired) electrons. The Hall–Kier alpha value is -9.35. The van der Waals surface area contributed by atoms with Crippen molar-refractivity contribution in [1.29, 1.82) is 0 Å². The molecule has 0 aliphatic heterocycles. The predicted octanol–water partition coefficient (Wildman–Crippen LogP) is 19.8. The highest BCUT2D eigenvalue weighted by atomic mass is 32.1. The van der Waals surface area contributed by atoms with Crippen LogP contribution in [0.4, 0.5) is 0 Å². The van der Waals surface area contributed by atoms with Gasteiger partial charge in [0.2, 0.25) is 0 Å². The Morgan fingerprint density at radius 1 is 0.276 bits per heavy atom. The molecule has 0 saturated heterocycles. The van der Waals surface area contributed by atoms with Crippen LogP contribution < -0.4 is 0 Å². The minimum atomic E-state index is -2.38. The topological polar surface area (TPSA) is 38.7 Å². The molecular weight excluding hydrogens is 939 g/mol. The highest BCUT2D eigenvalue weighted by Gasteiger charge is 2.18. The van der Waals surface area contributed by atoms with Crippen LogP contribution in [-0.2, 0) is 0 Å². The summed E-state index contributed by atoms with van der Waals surface area (Å²) in [5, 5.41) is 2.32. The molecule has 0 fully saturated rings. The van der Waals surface area contributed by atoms with Crippen LogP contribution in [0.2, 0.25) is 0 Å². The van der Waals surface area contributed by atoms with E-state index in [9.17, 15) is 0 Å². The zero-order valence-electron chi connectivity index (χ0n) is 50.0. The summed E-state index contributed by atoms with van der Waals surface area (Å²) in [7, 11) is 0. The molecule has 0 spiro atoms. The Balaban J connectivity index is 0.894. The molecular formula is C72H51N3S. The van der Waals surface area contributed by atoms with Gasteiger partial charge in [-0.05, 0) is 164 Å². The normalized spacial score (nSPS) is 13.6. The first kappa shape index (κ1) is 37.4. The summed E-state index contributed by atoms with van der Waals surface area (Å²) in [6.07, 6.45) is 4.35. The van der Waals surface area contributed by atoms with E-state index in [2.05, 4.69) is 162 Å². The zero-order valence-corrected chi connectivity index (χ0v) is 41.8. The second-order valence-electron chi connectivity index (χ2n) is 19.0. The molecule has 9 aromatic carbocycles. The monoisotopic (exact) mass is 998 g/mol. The van der Waals surface area contributed by atoms with Crippen molar-refractivity contribution in [2.75, 3.05) is 0 Å². The average Bonchev–Trinajstić information content (AvgIpc) is 2.94. The van der Waals surface area contributed by atoms with Crippen molar-refractivity contribution in [2.45, 2.75) is 20.6 Å². The third kappa shape index (κ3) is 8.99. The maximum Gasteiger partial charge on any atom is 0.0708 e. The van der Waals surface area contributed by atoms with Gasteiger partial charge >= 0.3 is 0 Å². The van der Waals surface area contributed by atoms with Gasteiger partial charge in [0.05, 0.1) is 17.1 Å². The quantitative estimate of drug-likeness (QED) is 0.137. The van der Waals surface area contributed by atoms with E-state index in [0.717, 1.165) is 99.1 Å². The summed E-state index contributed by atoms with van der Waals surface area (Å²) in [4.78, 5) is 13.8. The van der Waals surface area contributed by atoms with E-state index in [1.54, 1.807) is 35.6 Å². The molecule has 0 aliphatic rings. The van der Waals surface area contributed by atoms with E-state index in [-0.39, 0.29) is 16.7 Å². The van der Waals surface area contributed by atoms with Crippen LogP contribution in [0.25, 0.3) is 132 Å². The van der Waals surface area contributed by atoms with Gasteiger partial charge in [0.25, 0.3) is 0 Å². The van der Waals surface area contributed by atoms with Crippen LogP contribution in [0.5, 0.6) is 0 Å². The molecule has 3 nitrogen and oxygen atoms in total. The molecule has 0 N–H and O–H groups in total. The first-order valence-electron chi connectivity index (χ1n) is 29.6. The van der Waals surface area contributed by atoms with Crippen molar-refractivity contribution in [3.05, 3.63) is 272 Å². The number of thiophene rings is 1. The molecule has 0 aliphatic carbocycles. The van der Waals surface area contributed by atoms with Crippen LogP contribution in [0.15, 0.2) is 255 Å². The second-order valence-corrected chi connectivity index (χ2v) is 20.0. The summed E-state index contributed by atoms with van der Waals surface area (Å²) in [5.41, 5.74) is 18.8.